The predicted octanol–water partition coefficient (Wildman–Crippen LogP) is -1.18. The fraction of sp³-hybridized carbons (Fsp3) is 0.875. The number of ether oxygens (including phenoxy) is 1. The largest absolute Gasteiger partial charge is 0.378 e. The molecule has 15 heavy (non-hydrogen) atoms. The topological polar surface area (TPSA) is 98.5 Å². The molecule has 0 aromatic carbocycles. The minimum Gasteiger partial charge on any atom is -0.378 e. The molecule has 0 aliphatic carbocycles. The Morgan fingerprint density at radius 1 is 1.60 bits per heavy atom. The molecule has 1 saturated heterocycles. The van der Waals surface area contributed by atoms with E-state index >= 15 is 0 Å². The van der Waals surface area contributed by atoms with E-state index in [0.29, 0.717) is 13.0 Å². The van der Waals surface area contributed by atoms with Crippen LogP contribution in [0.1, 0.15) is 13.3 Å². The molecule has 1 fully saturated rings. The molecule has 1 aliphatic heterocycles. The van der Waals surface area contributed by atoms with Crippen molar-refractivity contribution in [2.75, 3.05) is 18.9 Å². The zero-order valence-corrected chi connectivity index (χ0v) is 9.42. The monoisotopic (exact) mass is 236 g/mol. The van der Waals surface area contributed by atoms with Gasteiger partial charge in [0.2, 0.25) is 15.9 Å². The zero-order chi connectivity index (χ0) is 11.5. The van der Waals surface area contributed by atoms with E-state index in [0.717, 1.165) is 0 Å². The summed E-state index contributed by atoms with van der Waals surface area (Å²) in [5.74, 6) is -0.574. The third-order valence-corrected chi connectivity index (χ3v) is 3.17. The van der Waals surface area contributed by atoms with Crippen molar-refractivity contribution in [2.24, 2.45) is 11.1 Å². The minimum absolute atomic E-state index is 0.0564. The quantitative estimate of drug-likeness (QED) is 0.641. The van der Waals surface area contributed by atoms with Gasteiger partial charge in [-0.2, -0.15) is 0 Å². The van der Waals surface area contributed by atoms with Gasteiger partial charge in [0.1, 0.15) is 0 Å². The van der Waals surface area contributed by atoms with Crippen molar-refractivity contribution in [1.29, 1.82) is 0 Å². The Morgan fingerprint density at radius 2 is 2.27 bits per heavy atom. The van der Waals surface area contributed by atoms with Gasteiger partial charge in [0, 0.05) is 13.2 Å². The maximum absolute atomic E-state index is 11.5. The smallest absolute Gasteiger partial charge is 0.225 e. The van der Waals surface area contributed by atoms with Gasteiger partial charge in [0.25, 0.3) is 0 Å². The molecule has 2 atom stereocenters. The summed E-state index contributed by atoms with van der Waals surface area (Å²) in [6, 6.07) is 0. The molecule has 1 aliphatic rings. The summed E-state index contributed by atoms with van der Waals surface area (Å²) >= 11 is 0. The maximum Gasteiger partial charge on any atom is 0.225 e. The Labute approximate surface area is 89.2 Å². The highest BCUT2D eigenvalue weighted by atomic mass is 32.2. The van der Waals surface area contributed by atoms with Crippen LogP contribution in [-0.2, 0) is 19.6 Å². The highest BCUT2D eigenvalue weighted by Gasteiger charge is 2.30. The predicted molar refractivity (Wildman–Crippen MR) is 54.5 cm³/mol. The Bertz CT molecular complexity index is 328. The number of primary sulfonamides is 1. The molecule has 1 heterocycles. The van der Waals surface area contributed by atoms with Gasteiger partial charge in [0.05, 0.1) is 17.8 Å². The molecule has 0 spiro atoms. The molecule has 6 nitrogen and oxygen atoms in total. The van der Waals surface area contributed by atoms with Crippen LogP contribution in [-0.4, -0.2) is 39.3 Å². The van der Waals surface area contributed by atoms with Gasteiger partial charge in [-0.3, -0.25) is 4.79 Å². The molecule has 0 aromatic heterocycles. The van der Waals surface area contributed by atoms with E-state index in [9.17, 15) is 13.2 Å². The average Bonchev–Trinajstić information content (AvgIpc) is 2.48. The van der Waals surface area contributed by atoms with Crippen molar-refractivity contribution in [3.05, 3.63) is 0 Å². The van der Waals surface area contributed by atoms with E-state index in [1.165, 1.54) is 0 Å². The second-order valence-corrected chi connectivity index (χ2v) is 5.36. The van der Waals surface area contributed by atoms with Crippen molar-refractivity contribution in [1.82, 2.24) is 5.32 Å². The van der Waals surface area contributed by atoms with Gasteiger partial charge >= 0.3 is 0 Å². The van der Waals surface area contributed by atoms with Crippen LogP contribution in [0.2, 0.25) is 0 Å². The highest BCUT2D eigenvalue weighted by molar-refractivity contribution is 7.89. The number of carbonyl (C=O) groups excluding carboxylic acids is 1. The number of hydrogen-bond acceptors (Lipinski definition) is 4. The summed E-state index contributed by atoms with van der Waals surface area (Å²) in [7, 11) is -3.50. The maximum atomic E-state index is 11.5. The number of nitrogens with one attached hydrogen (secondary N) is 1. The fourth-order valence-electron chi connectivity index (χ4n) is 1.52. The summed E-state index contributed by atoms with van der Waals surface area (Å²) < 4.78 is 26.4. The first-order valence-electron chi connectivity index (χ1n) is 4.80. The summed E-state index contributed by atoms with van der Waals surface area (Å²) in [6.45, 7) is 2.46. The molecule has 7 heteroatoms. The van der Waals surface area contributed by atoms with Crippen molar-refractivity contribution < 1.29 is 17.9 Å². The standard InChI is InChI=1S/C8H16N2O4S/c1-6-7(2-4-14-6)8(11)10-3-5-15(9,12)13/h6-7H,2-5H2,1H3,(H,10,11)(H2,9,12,13). The number of amides is 1. The highest BCUT2D eigenvalue weighted by Crippen LogP contribution is 2.20. The molecule has 1 amide bonds. The van der Waals surface area contributed by atoms with Crippen LogP contribution in [0.25, 0.3) is 0 Å². The van der Waals surface area contributed by atoms with Gasteiger partial charge in [-0.15, -0.1) is 0 Å². The second kappa shape index (κ2) is 4.91. The minimum atomic E-state index is -3.50. The van der Waals surface area contributed by atoms with Gasteiger partial charge in [0.15, 0.2) is 0 Å². The molecule has 0 bridgehead atoms. The zero-order valence-electron chi connectivity index (χ0n) is 8.60. The van der Waals surface area contributed by atoms with E-state index in [1.54, 1.807) is 0 Å². The van der Waals surface area contributed by atoms with Crippen molar-refractivity contribution in [2.45, 2.75) is 19.4 Å². The van der Waals surface area contributed by atoms with Crippen molar-refractivity contribution >= 4 is 15.9 Å². The number of nitrogens with two attached hydrogens (primary N) is 1. The van der Waals surface area contributed by atoms with Crippen LogP contribution in [0.5, 0.6) is 0 Å². The van der Waals surface area contributed by atoms with Gasteiger partial charge < -0.3 is 10.1 Å². The van der Waals surface area contributed by atoms with Crippen molar-refractivity contribution in [3.8, 4) is 0 Å². The molecule has 0 aromatic rings. The molecule has 0 radical (unpaired) electrons. The van der Waals surface area contributed by atoms with Crippen LogP contribution in [0, 0.1) is 5.92 Å². The summed E-state index contributed by atoms with van der Waals surface area (Å²) in [6.07, 6.45) is 0.585. The number of rotatable bonds is 4. The van der Waals surface area contributed by atoms with E-state index in [1.807, 2.05) is 6.92 Å². The molecular formula is C8H16N2O4S. The van der Waals surface area contributed by atoms with E-state index in [2.05, 4.69) is 5.32 Å². The van der Waals surface area contributed by atoms with Crippen LogP contribution in [0.4, 0.5) is 0 Å². The average molecular weight is 236 g/mol. The normalized spacial score (nSPS) is 26.5. The first kappa shape index (κ1) is 12.4. The lowest BCUT2D eigenvalue weighted by molar-refractivity contribution is -0.126. The Hall–Kier alpha value is -0.660. The summed E-state index contributed by atoms with van der Waals surface area (Å²) in [5, 5.41) is 7.33. The molecule has 2 unspecified atom stereocenters. The number of sulfonamides is 1. The van der Waals surface area contributed by atoms with Crippen molar-refractivity contribution in [3.63, 3.8) is 0 Å². The number of hydrogen-bond donors (Lipinski definition) is 2. The molecule has 1 rings (SSSR count). The Kier molecular flexibility index (Phi) is 4.06. The van der Waals surface area contributed by atoms with E-state index in [4.69, 9.17) is 9.88 Å². The lowest BCUT2D eigenvalue weighted by Crippen LogP contribution is -2.37. The van der Waals surface area contributed by atoms with E-state index in [-0.39, 0.29) is 30.2 Å². The van der Waals surface area contributed by atoms with Crippen LogP contribution >= 0.6 is 0 Å². The van der Waals surface area contributed by atoms with Crippen LogP contribution < -0.4 is 10.5 Å². The third-order valence-electron chi connectivity index (χ3n) is 2.40. The molecule has 3 N–H and O–H groups in total. The Morgan fingerprint density at radius 3 is 2.73 bits per heavy atom. The van der Waals surface area contributed by atoms with Gasteiger partial charge in [-0.1, -0.05) is 0 Å². The first-order valence-corrected chi connectivity index (χ1v) is 6.51. The third kappa shape index (κ3) is 4.15. The first-order chi connectivity index (χ1) is 6.90. The van der Waals surface area contributed by atoms with Gasteiger partial charge in [-0.05, 0) is 13.3 Å². The number of carbonyl (C=O) groups is 1. The molecular weight excluding hydrogens is 220 g/mol. The van der Waals surface area contributed by atoms with E-state index < -0.39 is 10.0 Å². The second-order valence-electron chi connectivity index (χ2n) is 3.63. The fourth-order valence-corrected chi connectivity index (χ4v) is 1.91. The summed E-state index contributed by atoms with van der Waals surface area (Å²) in [5.41, 5.74) is 0. The van der Waals surface area contributed by atoms with Crippen LogP contribution in [0.3, 0.4) is 0 Å². The van der Waals surface area contributed by atoms with Crippen LogP contribution in [0.15, 0.2) is 0 Å². The molecule has 88 valence electrons. The summed E-state index contributed by atoms with van der Waals surface area (Å²) in [4.78, 5) is 11.5. The SMILES string of the molecule is CC1OCCC1C(=O)NCCS(N)(=O)=O. The Balaban J connectivity index is 2.30. The lowest BCUT2D eigenvalue weighted by Gasteiger charge is -2.13. The van der Waals surface area contributed by atoms with Gasteiger partial charge in [-0.25, -0.2) is 13.6 Å². The molecule has 0 saturated carbocycles. The lowest BCUT2D eigenvalue weighted by atomic mass is 10.0.